The lowest BCUT2D eigenvalue weighted by Crippen LogP contribution is -2.23. The van der Waals surface area contributed by atoms with E-state index in [-0.39, 0.29) is 17.8 Å². The van der Waals surface area contributed by atoms with Gasteiger partial charge in [-0.05, 0) is 19.3 Å². The number of hydrogen-bond acceptors (Lipinski definition) is 2. The first-order chi connectivity index (χ1) is 5.75. The summed E-state index contributed by atoms with van der Waals surface area (Å²) in [5.74, 6) is 0.246. The molecule has 2 nitrogen and oxygen atoms in total. The van der Waals surface area contributed by atoms with Crippen molar-refractivity contribution in [3.8, 4) is 0 Å². The molecule has 1 aliphatic carbocycles. The molecule has 2 atom stereocenters. The number of aliphatic hydroxyl groups is 1. The summed E-state index contributed by atoms with van der Waals surface area (Å²) in [7, 11) is 0. The number of carbonyl (C=O) groups is 1. The molecule has 0 radical (unpaired) electrons. The Morgan fingerprint density at radius 3 is 2.92 bits per heavy atom. The summed E-state index contributed by atoms with van der Waals surface area (Å²) >= 11 is 0. The van der Waals surface area contributed by atoms with Crippen molar-refractivity contribution < 1.29 is 9.90 Å². The molecule has 0 spiro atoms. The molecule has 12 heavy (non-hydrogen) atoms. The standard InChI is InChI=1S/C10H18O2/c1-2-3-6-9(11)8-5-4-7-10(8)12/h8-9,11H,2-7H2,1H3/t8-,9+/m1/s1. The van der Waals surface area contributed by atoms with E-state index >= 15 is 0 Å². The average Bonchev–Trinajstić information content (AvgIpc) is 2.47. The molecule has 0 heterocycles. The maximum absolute atomic E-state index is 11.2. The Kier molecular flexibility index (Phi) is 3.73. The van der Waals surface area contributed by atoms with Gasteiger partial charge in [0.15, 0.2) is 0 Å². The van der Waals surface area contributed by atoms with Gasteiger partial charge in [0.05, 0.1) is 6.10 Å². The first-order valence-corrected chi connectivity index (χ1v) is 4.96. The van der Waals surface area contributed by atoms with Gasteiger partial charge in [-0.3, -0.25) is 4.79 Å². The smallest absolute Gasteiger partial charge is 0.138 e. The molecule has 0 bridgehead atoms. The zero-order chi connectivity index (χ0) is 8.97. The van der Waals surface area contributed by atoms with Crippen molar-refractivity contribution in [1.29, 1.82) is 0 Å². The molecule has 0 unspecified atom stereocenters. The van der Waals surface area contributed by atoms with Crippen LogP contribution in [0.2, 0.25) is 0 Å². The van der Waals surface area contributed by atoms with Gasteiger partial charge in [0, 0.05) is 12.3 Å². The number of ketones is 1. The van der Waals surface area contributed by atoms with Crippen molar-refractivity contribution in [2.75, 3.05) is 0 Å². The Morgan fingerprint density at radius 2 is 2.42 bits per heavy atom. The van der Waals surface area contributed by atoms with Crippen molar-refractivity contribution in [2.24, 2.45) is 5.92 Å². The van der Waals surface area contributed by atoms with Crippen LogP contribution in [0.3, 0.4) is 0 Å². The Bertz CT molecular complexity index is 154. The van der Waals surface area contributed by atoms with E-state index in [0.717, 1.165) is 32.1 Å². The zero-order valence-electron chi connectivity index (χ0n) is 7.75. The zero-order valence-corrected chi connectivity index (χ0v) is 7.75. The SMILES string of the molecule is CCCC[C@H](O)[C@H]1CCCC1=O. The van der Waals surface area contributed by atoms with Gasteiger partial charge in [-0.15, -0.1) is 0 Å². The fraction of sp³-hybridized carbons (Fsp3) is 0.900. The van der Waals surface area contributed by atoms with E-state index in [1.165, 1.54) is 0 Å². The highest BCUT2D eigenvalue weighted by Crippen LogP contribution is 2.26. The van der Waals surface area contributed by atoms with Crippen molar-refractivity contribution in [3.63, 3.8) is 0 Å². The first kappa shape index (κ1) is 9.72. The van der Waals surface area contributed by atoms with Gasteiger partial charge in [-0.2, -0.15) is 0 Å². The highest BCUT2D eigenvalue weighted by atomic mass is 16.3. The summed E-state index contributed by atoms with van der Waals surface area (Å²) in [4.78, 5) is 11.2. The maximum atomic E-state index is 11.2. The molecule has 0 amide bonds. The lowest BCUT2D eigenvalue weighted by molar-refractivity contribution is -0.123. The van der Waals surface area contributed by atoms with Crippen LogP contribution in [-0.4, -0.2) is 17.0 Å². The van der Waals surface area contributed by atoms with Gasteiger partial charge in [-0.1, -0.05) is 19.8 Å². The molecule has 1 fully saturated rings. The monoisotopic (exact) mass is 170 g/mol. The van der Waals surface area contributed by atoms with E-state index in [1.54, 1.807) is 0 Å². The summed E-state index contributed by atoms with van der Waals surface area (Å²) in [5, 5.41) is 9.63. The Balaban J connectivity index is 2.30. The van der Waals surface area contributed by atoms with Crippen LogP contribution in [0.1, 0.15) is 45.4 Å². The summed E-state index contributed by atoms with van der Waals surface area (Å²) in [6.07, 6.45) is 5.14. The molecule has 1 rings (SSSR count). The largest absolute Gasteiger partial charge is 0.392 e. The van der Waals surface area contributed by atoms with Crippen LogP contribution in [0.25, 0.3) is 0 Å². The number of aliphatic hydroxyl groups excluding tert-OH is 1. The van der Waals surface area contributed by atoms with Crippen LogP contribution >= 0.6 is 0 Å². The molecule has 0 aromatic carbocycles. The van der Waals surface area contributed by atoms with Gasteiger partial charge < -0.3 is 5.11 Å². The van der Waals surface area contributed by atoms with Crippen LogP contribution < -0.4 is 0 Å². The average molecular weight is 170 g/mol. The third-order valence-electron chi connectivity index (χ3n) is 2.67. The minimum absolute atomic E-state index is 0.0310. The van der Waals surface area contributed by atoms with Crippen LogP contribution in [0.4, 0.5) is 0 Å². The molecule has 1 saturated carbocycles. The topological polar surface area (TPSA) is 37.3 Å². The molecular weight excluding hydrogens is 152 g/mol. The third kappa shape index (κ3) is 2.31. The lowest BCUT2D eigenvalue weighted by atomic mass is 9.96. The number of hydrogen-bond donors (Lipinski definition) is 1. The number of Topliss-reactive ketones (excluding diaryl/α,β-unsaturated/α-hetero) is 1. The second-order valence-corrected chi connectivity index (χ2v) is 3.67. The number of carbonyl (C=O) groups excluding carboxylic acids is 1. The highest BCUT2D eigenvalue weighted by Gasteiger charge is 2.30. The van der Waals surface area contributed by atoms with E-state index in [9.17, 15) is 9.90 Å². The fourth-order valence-electron chi connectivity index (χ4n) is 1.86. The van der Waals surface area contributed by atoms with Crippen LogP contribution in [0, 0.1) is 5.92 Å². The molecule has 0 saturated heterocycles. The first-order valence-electron chi connectivity index (χ1n) is 4.96. The number of rotatable bonds is 4. The minimum Gasteiger partial charge on any atom is -0.392 e. The Labute approximate surface area is 74.0 Å². The summed E-state index contributed by atoms with van der Waals surface area (Å²) < 4.78 is 0. The van der Waals surface area contributed by atoms with E-state index < -0.39 is 0 Å². The fourth-order valence-corrected chi connectivity index (χ4v) is 1.86. The normalized spacial score (nSPS) is 26.2. The van der Waals surface area contributed by atoms with Crippen LogP contribution in [-0.2, 0) is 4.79 Å². The summed E-state index contributed by atoms with van der Waals surface area (Å²) in [6, 6.07) is 0. The van der Waals surface area contributed by atoms with Crippen molar-refractivity contribution >= 4 is 5.78 Å². The van der Waals surface area contributed by atoms with E-state index in [1.807, 2.05) is 0 Å². The van der Waals surface area contributed by atoms with Crippen molar-refractivity contribution in [3.05, 3.63) is 0 Å². The van der Waals surface area contributed by atoms with Crippen molar-refractivity contribution in [1.82, 2.24) is 0 Å². The maximum Gasteiger partial charge on any atom is 0.138 e. The molecule has 1 N–H and O–H groups in total. The van der Waals surface area contributed by atoms with E-state index in [0.29, 0.717) is 6.42 Å². The van der Waals surface area contributed by atoms with Gasteiger partial charge in [0.25, 0.3) is 0 Å². The second-order valence-electron chi connectivity index (χ2n) is 3.67. The molecule has 0 aromatic rings. The van der Waals surface area contributed by atoms with E-state index in [2.05, 4.69) is 6.92 Å². The molecular formula is C10H18O2. The van der Waals surface area contributed by atoms with Gasteiger partial charge in [-0.25, -0.2) is 0 Å². The third-order valence-corrected chi connectivity index (χ3v) is 2.67. The Hall–Kier alpha value is -0.370. The van der Waals surface area contributed by atoms with E-state index in [4.69, 9.17) is 0 Å². The molecule has 2 heteroatoms. The second kappa shape index (κ2) is 4.61. The highest BCUT2D eigenvalue weighted by molar-refractivity contribution is 5.83. The lowest BCUT2D eigenvalue weighted by Gasteiger charge is -2.15. The predicted octanol–water partition coefficient (Wildman–Crippen LogP) is 1.91. The quantitative estimate of drug-likeness (QED) is 0.699. The summed E-state index contributed by atoms with van der Waals surface area (Å²) in [6.45, 7) is 2.10. The predicted molar refractivity (Wildman–Crippen MR) is 47.9 cm³/mol. The number of unbranched alkanes of at least 4 members (excludes halogenated alkanes) is 1. The van der Waals surface area contributed by atoms with Gasteiger partial charge >= 0.3 is 0 Å². The van der Waals surface area contributed by atoms with Crippen molar-refractivity contribution in [2.45, 2.75) is 51.6 Å². The minimum atomic E-state index is -0.361. The molecule has 0 aromatic heterocycles. The van der Waals surface area contributed by atoms with Crippen LogP contribution in [0.15, 0.2) is 0 Å². The van der Waals surface area contributed by atoms with Gasteiger partial charge in [0.1, 0.15) is 5.78 Å². The molecule has 0 aliphatic heterocycles. The summed E-state index contributed by atoms with van der Waals surface area (Å²) in [5.41, 5.74) is 0. The molecule has 1 aliphatic rings. The van der Waals surface area contributed by atoms with Crippen LogP contribution in [0.5, 0.6) is 0 Å². The Morgan fingerprint density at radius 1 is 1.67 bits per heavy atom. The molecule has 70 valence electrons. The van der Waals surface area contributed by atoms with Gasteiger partial charge in [0.2, 0.25) is 0 Å².